The molecule has 1 heterocycles. The van der Waals surface area contributed by atoms with Gasteiger partial charge in [-0.05, 0) is 44.5 Å². The summed E-state index contributed by atoms with van der Waals surface area (Å²) >= 11 is 0. The first-order valence-electron chi connectivity index (χ1n) is 8.05. The molecule has 2 N–H and O–H groups in total. The van der Waals surface area contributed by atoms with Gasteiger partial charge in [0.15, 0.2) is 0 Å². The molecule has 0 saturated carbocycles. The van der Waals surface area contributed by atoms with Crippen LogP contribution in [0.3, 0.4) is 0 Å². The normalized spacial score (nSPS) is 11.9. The molecule has 0 aliphatic rings. The fraction of sp³-hybridized carbons (Fsp3) is 0.444. The first-order chi connectivity index (χ1) is 11.3. The number of aromatic nitrogens is 1. The zero-order valence-corrected chi connectivity index (χ0v) is 15.2. The summed E-state index contributed by atoms with van der Waals surface area (Å²) in [5.74, 6) is 0.941. The zero-order chi connectivity index (χ0) is 17.9. The van der Waals surface area contributed by atoms with Gasteiger partial charge in [0, 0.05) is 43.5 Å². The van der Waals surface area contributed by atoms with E-state index in [0.717, 1.165) is 34.0 Å². The third-order valence-electron chi connectivity index (χ3n) is 4.12. The number of rotatable bonds is 5. The van der Waals surface area contributed by atoms with Crippen molar-refractivity contribution in [2.45, 2.75) is 33.6 Å². The Morgan fingerprint density at radius 2 is 2.00 bits per heavy atom. The van der Waals surface area contributed by atoms with Gasteiger partial charge in [-0.3, -0.25) is 0 Å². The molecule has 6 nitrogen and oxygen atoms in total. The zero-order valence-electron chi connectivity index (χ0n) is 15.2. The molecule has 1 atom stereocenters. The molecule has 0 bridgehead atoms. The van der Waals surface area contributed by atoms with Crippen LogP contribution in [0.1, 0.15) is 35.4 Å². The minimum atomic E-state index is -0.214. The molecule has 0 spiro atoms. The highest BCUT2D eigenvalue weighted by atomic mass is 16.5. The average molecular weight is 330 g/mol. The van der Waals surface area contributed by atoms with Crippen molar-refractivity contribution in [3.8, 4) is 0 Å². The number of urea groups is 1. The van der Waals surface area contributed by atoms with Crippen molar-refractivity contribution >= 4 is 17.4 Å². The van der Waals surface area contributed by atoms with Crippen LogP contribution in [0.4, 0.5) is 16.2 Å². The summed E-state index contributed by atoms with van der Waals surface area (Å²) in [6.07, 6.45) is 0. The highest BCUT2D eigenvalue weighted by molar-refractivity contribution is 5.90. The molecule has 1 aromatic heterocycles. The Morgan fingerprint density at radius 3 is 2.54 bits per heavy atom. The van der Waals surface area contributed by atoms with Gasteiger partial charge in [0.2, 0.25) is 0 Å². The Kier molecular flexibility index (Phi) is 5.49. The lowest BCUT2D eigenvalue weighted by molar-refractivity contribution is 0.251. The van der Waals surface area contributed by atoms with Crippen LogP contribution < -0.4 is 15.5 Å². The molecule has 130 valence electrons. The molecule has 1 unspecified atom stereocenters. The van der Waals surface area contributed by atoms with E-state index in [1.165, 1.54) is 0 Å². The van der Waals surface area contributed by atoms with Crippen LogP contribution in [0.15, 0.2) is 22.7 Å². The minimum absolute atomic E-state index is 0.138. The van der Waals surface area contributed by atoms with E-state index in [9.17, 15) is 4.79 Å². The van der Waals surface area contributed by atoms with Gasteiger partial charge in [-0.15, -0.1) is 0 Å². The molecule has 0 radical (unpaired) electrons. The standard InChI is InChI=1S/C18H26N4O2/c1-11-9-15(22(5)6)7-8-16(11)20-18(23)19-10-12(2)17-13(3)21-24-14(17)4/h7-9,12H,10H2,1-6H3,(H2,19,20,23). The summed E-state index contributed by atoms with van der Waals surface area (Å²) in [6.45, 7) is 8.35. The Labute approximate surface area is 143 Å². The van der Waals surface area contributed by atoms with Gasteiger partial charge in [-0.2, -0.15) is 0 Å². The van der Waals surface area contributed by atoms with E-state index in [4.69, 9.17) is 4.52 Å². The molecule has 0 saturated heterocycles. The van der Waals surface area contributed by atoms with Crippen LogP contribution in [-0.2, 0) is 0 Å². The summed E-state index contributed by atoms with van der Waals surface area (Å²) in [6, 6.07) is 5.73. The number of benzene rings is 1. The fourth-order valence-electron chi connectivity index (χ4n) is 2.77. The molecule has 6 heteroatoms. The number of carbonyl (C=O) groups excluding carboxylic acids is 1. The summed E-state index contributed by atoms with van der Waals surface area (Å²) in [5.41, 5.74) is 4.86. The van der Waals surface area contributed by atoms with Gasteiger partial charge < -0.3 is 20.1 Å². The lowest BCUT2D eigenvalue weighted by atomic mass is 10.00. The molecule has 0 aliphatic heterocycles. The first-order valence-corrected chi connectivity index (χ1v) is 8.05. The van der Waals surface area contributed by atoms with Crippen LogP contribution in [0, 0.1) is 20.8 Å². The van der Waals surface area contributed by atoms with E-state index < -0.39 is 0 Å². The molecular weight excluding hydrogens is 304 g/mol. The van der Waals surface area contributed by atoms with E-state index in [2.05, 4.69) is 15.8 Å². The summed E-state index contributed by atoms with van der Waals surface area (Å²) < 4.78 is 5.18. The van der Waals surface area contributed by atoms with Crippen LogP contribution in [0.25, 0.3) is 0 Å². The number of hydrogen-bond acceptors (Lipinski definition) is 4. The van der Waals surface area contributed by atoms with Gasteiger partial charge in [0.1, 0.15) is 5.76 Å². The van der Waals surface area contributed by atoms with Gasteiger partial charge in [0.05, 0.1) is 5.69 Å². The third-order valence-corrected chi connectivity index (χ3v) is 4.12. The van der Waals surface area contributed by atoms with E-state index in [1.54, 1.807) is 0 Å². The first kappa shape index (κ1) is 17.8. The maximum Gasteiger partial charge on any atom is 0.319 e. The monoisotopic (exact) mass is 330 g/mol. The van der Waals surface area contributed by atoms with E-state index >= 15 is 0 Å². The largest absolute Gasteiger partial charge is 0.378 e. The lowest BCUT2D eigenvalue weighted by Gasteiger charge is -2.17. The molecule has 2 rings (SSSR count). The van der Waals surface area contributed by atoms with Crippen molar-refractivity contribution in [2.75, 3.05) is 30.9 Å². The third kappa shape index (κ3) is 4.07. The Hall–Kier alpha value is -2.50. The number of anilines is 2. The van der Waals surface area contributed by atoms with Crippen molar-refractivity contribution in [3.63, 3.8) is 0 Å². The Morgan fingerprint density at radius 1 is 1.29 bits per heavy atom. The lowest BCUT2D eigenvalue weighted by Crippen LogP contribution is -2.32. The average Bonchev–Trinajstić information content (AvgIpc) is 2.85. The van der Waals surface area contributed by atoms with Crippen molar-refractivity contribution in [1.29, 1.82) is 0 Å². The second kappa shape index (κ2) is 7.38. The van der Waals surface area contributed by atoms with Crippen LogP contribution in [0.2, 0.25) is 0 Å². The summed E-state index contributed by atoms with van der Waals surface area (Å²) in [5, 5.41) is 9.77. The summed E-state index contributed by atoms with van der Waals surface area (Å²) in [4.78, 5) is 14.2. The van der Waals surface area contributed by atoms with Gasteiger partial charge in [0.25, 0.3) is 0 Å². The second-order valence-electron chi connectivity index (χ2n) is 6.37. The van der Waals surface area contributed by atoms with Crippen LogP contribution in [-0.4, -0.2) is 31.8 Å². The molecule has 0 aliphatic carbocycles. The number of aryl methyl sites for hydroxylation is 3. The second-order valence-corrected chi connectivity index (χ2v) is 6.37. The molecule has 0 fully saturated rings. The molecular formula is C18H26N4O2. The highest BCUT2D eigenvalue weighted by Crippen LogP contribution is 2.23. The summed E-state index contributed by atoms with van der Waals surface area (Å²) in [7, 11) is 3.98. The van der Waals surface area contributed by atoms with E-state index in [0.29, 0.717) is 6.54 Å². The van der Waals surface area contributed by atoms with Crippen molar-refractivity contribution in [3.05, 3.63) is 40.8 Å². The van der Waals surface area contributed by atoms with Crippen molar-refractivity contribution in [2.24, 2.45) is 0 Å². The van der Waals surface area contributed by atoms with E-state index in [1.807, 2.05) is 64.9 Å². The van der Waals surface area contributed by atoms with Crippen LogP contribution in [0.5, 0.6) is 0 Å². The number of carbonyl (C=O) groups is 1. The van der Waals surface area contributed by atoms with Crippen molar-refractivity contribution < 1.29 is 9.32 Å². The minimum Gasteiger partial charge on any atom is -0.378 e. The number of nitrogens with one attached hydrogen (secondary N) is 2. The quantitative estimate of drug-likeness (QED) is 0.879. The van der Waals surface area contributed by atoms with Crippen LogP contribution >= 0.6 is 0 Å². The smallest absolute Gasteiger partial charge is 0.319 e. The van der Waals surface area contributed by atoms with Gasteiger partial charge in [-0.25, -0.2) is 4.79 Å². The van der Waals surface area contributed by atoms with Crippen molar-refractivity contribution in [1.82, 2.24) is 10.5 Å². The number of hydrogen-bond donors (Lipinski definition) is 2. The SMILES string of the molecule is Cc1cc(N(C)C)ccc1NC(=O)NCC(C)c1c(C)noc1C. The Bertz CT molecular complexity index is 702. The predicted molar refractivity (Wildman–Crippen MR) is 96.9 cm³/mol. The Balaban J connectivity index is 1.94. The number of amides is 2. The van der Waals surface area contributed by atoms with E-state index in [-0.39, 0.29) is 11.9 Å². The maximum atomic E-state index is 12.2. The molecule has 24 heavy (non-hydrogen) atoms. The number of nitrogens with zero attached hydrogens (tertiary/aromatic N) is 2. The molecule has 2 amide bonds. The highest BCUT2D eigenvalue weighted by Gasteiger charge is 2.17. The topological polar surface area (TPSA) is 70.4 Å². The van der Waals surface area contributed by atoms with Gasteiger partial charge in [-0.1, -0.05) is 12.1 Å². The van der Waals surface area contributed by atoms with Gasteiger partial charge >= 0.3 is 6.03 Å². The molecule has 2 aromatic rings. The molecule has 1 aromatic carbocycles. The maximum absolute atomic E-state index is 12.2. The predicted octanol–water partition coefficient (Wildman–Crippen LogP) is 3.59. The fourth-order valence-corrected chi connectivity index (χ4v) is 2.77.